The van der Waals surface area contributed by atoms with Gasteiger partial charge in [-0.05, 0) is 62.6 Å². The maximum Gasteiger partial charge on any atom is 0.299 e. The van der Waals surface area contributed by atoms with Crippen LogP contribution < -0.4 is 4.90 Å². The molecule has 9 heteroatoms. The molecule has 0 bridgehead atoms. The standard InChI is InChI=1S/C26H30N4O4S/c1-5-28(6-2)35(33,34)22-14-15-23-20(17-22)11-10-16-29(23)26(32)25(31)24-18(3)27-30(19(24)4)21-12-8-7-9-13-21/h7-9,12-15,17H,5-6,10-11,16H2,1-4H3. The topological polar surface area (TPSA) is 92.6 Å². The van der Waals surface area contributed by atoms with Crippen LogP contribution >= 0.6 is 0 Å². The van der Waals surface area contributed by atoms with E-state index in [2.05, 4.69) is 5.10 Å². The molecule has 35 heavy (non-hydrogen) atoms. The van der Waals surface area contributed by atoms with E-state index in [-0.39, 0.29) is 4.90 Å². The van der Waals surface area contributed by atoms with Crippen molar-refractivity contribution in [3.63, 3.8) is 0 Å². The first kappa shape index (κ1) is 24.8. The molecule has 0 saturated carbocycles. The van der Waals surface area contributed by atoms with E-state index >= 15 is 0 Å². The molecule has 1 aliphatic heterocycles. The van der Waals surface area contributed by atoms with Crippen molar-refractivity contribution < 1.29 is 18.0 Å². The summed E-state index contributed by atoms with van der Waals surface area (Å²) in [6.07, 6.45) is 1.28. The largest absolute Gasteiger partial charge is 0.305 e. The molecule has 0 unspecified atom stereocenters. The molecule has 3 aromatic rings. The van der Waals surface area contributed by atoms with Crippen molar-refractivity contribution >= 4 is 27.4 Å². The van der Waals surface area contributed by atoms with Gasteiger partial charge in [-0.25, -0.2) is 13.1 Å². The number of carbonyl (C=O) groups is 2. The zero-order valence-corrected chi connectivity index (χ0v) is 21.3. The van der Waals surface area contributed by atoms with Crippen molar-refractivity contribution in [1.29, 1.82) is 0 Å². The van der Waals surface area contributed by atoms with Crippen LogP contribution in [0.2, 0.25) is 0 Å². The van der Waals surface area contributed by atoms with Crippen LogP contribution in [0.1, 0.15) is 47.6 Å². The molecule has 1 amide bonds. The Balaban J connectivity index is 1.67. The van der Waals surface area contributed by atoms with Gasteiger partial charge < -0.3 is 4.90 Å². The average molecular weight is 495 g/mol. The molecule has 0 atom stereocenters. The minimum atomic E-state index is -3.61. The van der Waals surface area contributed by atoms with Crippen molar-refractivity contribution in [2.45, 2.75) is 45.4 Å². The van der Waals surface area contributed by atoms with Crippen molar-refractivity contribution in [3.05, 3.63) is 71.0 Å². The summed E-state index contributed by atoms with van der Waals surface area (Å²) < 4.78 is 29.0. The number of nitrogens with zero attached hydrogens (tertiary/aromatic N) is 4. The van der Waals surface area contributed by atoms with Gasteiger partial charge in [-0.3, -0.25) is 9.59 Å². The molecule has 0 saturated heterocycles. The van der Waals surface area contributed by atoms with Crippen LogP contribution in [0.25, 0.3) is 5.69 Å². The summed E-state index contributed by atoms with van der Waals surface area (Å²) in [4.78, 5) is 28.5. The number of ketones is 1. The smallest absolute Gasteiger partial charge is 0.299 e. The Morgan fingerprint density at radius 3 is 2.37 bits per heavy atom. The summed E-state index contributed by atoms with van der Waals surface area (Å²) in [6, 6.07) is 14.2. The van der Waals surface area contributed by atoms with Crippen LogP contribution in [0.3, 0.4) is 0 Å². The van der Waals surface area contributed by atoms with Gasteiger partial charge in [0.1, 0.15) is 0 Å². The second kappa shape index (κ2) is 9.75. The molecular weight excluding hydrogens is 464 g/mol. The van der Waals surface area contributed by atoms with E-state index in [9.17, 15) is 18.0 Å². The third kappa shape index (κ3) is 4.41. The second-order valence-electron chi connectivity index (χ2n) is 8.56. The highest BCUT2D eigenvalue weighted by molar-refractivity contribution is 7.89. The molecule has 8 nitrogen and oxygen atoms in total. The first-order valence-electron chi connectivity index (χ1n) is 11.8. The quantitative estimate of drug-likeness (QED) is 0.369. The first-order valence-corrected chi connectivity index (χ1v) is 13.3. The van der Waals surface area contributed by atoms with Gasteiger partial charge in [0, 0.05) is 25.3 Å². The Labute approximate surface area is 206 Å². The lowest BCUT2D eigenvalue weighted by atomic mass is 10.00. The first-order chi connectivity index (χ1) is 16.7. The molecular formula is C26H30N4O4S. The molecule has 2 heterocycles. The highest BCUT2D eigenvalue weighted by Gasteiger charge is 2.33. The highest BCUT2D eigenvalue weighted by atomic mass is 32.2. The maximum atomic E-state index is 13.4. The van der Waals surface area contributed by atoms with Gasteiger partial charge in [-0.1, -0.05) is 32.0 Å². The minimum absolute atomic E-state index is 0.205. The zero-order chi connectivity index (χ0) is 25.3. The van der Waals surface area contributed by atoms with Crippen LogP contribution in [0.4, 0.5) is 5.69 Å². The predicted molar refractivity (Wildman–Crippen MR) is 135 cm³/mol. The van der Waals surface area contributed by atoms with Crippen molar-refractivity contribution in [2.75, 3.05) is 24.5 Å². The lowest BCUT2D eigenvalue weighted by Gasteiger charge is -2.29. The maximum absolute atomic E-state index is 13.4. The molecule has 1 aromatic heterocycles. The number of benzene rings is 2. The number of Topliss-reactive ketones (excluding diaryl/α,β-unsaturated/α-hetero) is 1. The summed E-state index contributed by atoms with van der Waals surface area (Å²) in [7, 11) is -3.61. The van der Waals surface area contributed by atoms with E-state index < -0.39 is 21.7 Å². The number of sulfonamides is 1. The summed E-state index contributed by atoms with van der Waals surface area (Å²) in [5.74, 6) is -1.25. The van der Waals surface area contributed by atoms with Crippen LogP contribution in [-0.2, 0) is 21.2 Å². The number of carbonyl (C=O) groups excluding carboxylic acids is 2. The summed E-state index contributed by atoms with van der Waals surface area (Å²) in [6.45, 7) is 8.26. The number of anilines is 1. The lowest BCUT2D eigenvalue weighted by molar-refractivity contribution is -0.114. The third-order valence-electron chi connectivity index (χ3n) is 6.47. The van der Waals surface area contributed by atoms with Gasteiger partial charge in [-0.15, -0.1) is 0 Å². The normalized spacial score (nSPS) is 13.7. The number of para-hydroxylation sites is 1. The van der Waals surface area contributed by atoms with Gasteiger partial charge >= 0.3 is 0 Å². The number of hydrogen-bond acceptors (Lipinski definition) is 5. The monoisotopic (exact) mass is 494 g/mol. The average Bonchev–Trinajstić information content (AvgIpc) is 3.17. The summed E-state index contributed by atoms with van der Waals surface area (Å²) in [5, 5.41) is 4.50. The molecule has 4 rings (SSSR count). The fourth-order valence-corrected chi connectivity index (χ4v) is 6.19. The molecule has 0 radical (unpaired) electrons. The van der Waals surface area contributed by atoms with Crippen molar-refractivity contribution in [3.8, 4) is 5.69 Å². The van der Waals surface area contributed by atoms with E-state index in [1.807, 2.05) is 30.3 Å². The van der Waals surface area contributed by atoms with Gasteiger partial charge in [0.05, 0.1) is 27.5 Å². The number of fused-ring (bicyclic) bond motifs is 1. The molecule has 184 valence electrons. The third-order valence-corrected chi connectivity index (χ3v) is 8.52. The van der Waals surface area contributed by atoms with Crippen LogP contribution in [-0.4, -0.2) is 53.8 Å². The van der Waals surface area contributed by atoms with Gasteiger partial charge in [0.25, 0.3) is 11.7 Å². The molecule has 0 N–H and O–H groups in total. The Bertz CT molecular complexity index is 1380. The summed E-state index contributed by atoms with van der Waals surface area (Å²) >= 11 is 0. The molecule has 1 aliphatic rings. The molecule has 0 spiro atoms. The van der Waals surface area contributed by atoms with Crippen LogP contribution in [0.5, 0.6) is 0 Å². The summed E-state index contributed by atoms with van der Waals surface area (Å²) in [5.41, 5.74) is 3.53. The van der Waals surface area contributed by atoms with E-state index in [1.165, 1.54) is 15.3 Å². The van der Waals surface area contributed by atoms with Gasteiger partial charge in [-0.2, -0.15) is 9.40 Å². The molecule has 2 aromatic carbocycles. The van der Waals surface area contributed by atoms with E-state index in [1.54, 1.807) is 44.5 Å². The number of hydrogen-bond donors (Lipinski definition) is 0. The Morgan fingerprint density at radius 1 is 1.03 bits per heavy atom. The SMILES string of the molecule is CCN(CC)S(=O)(=O)c1ccc2c(c1)CCCN2C(=O)C(=O)c1c(C)nn(-c2ccccc2)c1C. The van der Waals surface area contributed by atoms with E-state index in [0.29, 0.717) is 55.1 Å². The fraction of sp³-hybridized carbons (Fsp3) is 0.346. The van der Waals surface area contributed by atoms with Crippen molar-refractivity contribution in [1.82, 2.24) is 14.1 Å². The molecule has 0 aliphatic carbocycles. The Hall–Kier alpha value is -3.30. The molecule has 0 fully saturated rings. The highest BCUT2D eigenvalue weighted by Crippen LogP contribution is 2.31. The fourth-order valence-electron chi connectivity index (χ4n) is 4.68. The van der Waals surface area contributed by atoms with Gasteiger partial charge in [0.15, 0.2) is 0 Å². The number of rotatable bonds is 7. The lowest BCUT2D eigenvalue weighted by Crippen LogP contribution is -2.40. The minimum Gasteiger partial charge on any atom is -0.305 e. The predicted octanol–water partition coefficient (Wildman–Crippen LogP) is 3.68. The number of aromatic nitrogens is 2. The zero-order valence-electron chi connectivity index (χ0n) is 20.5. The number of amides is 1. The van der Waals surface area contributed by atoms with Crippen molar-refractivity contribution in [2.24, 2.45) is 0 Å². The van der Waals surface area contributed by atoms with E-state index in [0.717, 1.165) is 11.3 Å². The van der Waals surface area contributed by atoms with Gasteiger partial charge in [0.2, 0.25) is 10.0 Å². The Morgan fingerprint density at radius 2 is 1.71 bits per heavy atom. The van der Waals surface area contributed by atoms with E-state index in [4.69, 9.17) is 0 Å². The number of aryl methyl sites for hydroxylation is 2. The second-order valence-corrected chi connectivity index (χ2v) is 10.5. The van der Waals surface area contributed by atoms with Crippen LogP contribution in [0, 0.1) is 13.8 Å². The van der Waals surface area contributed by atoms with Crippen LogP contribution in [0.15, 0.2) is 53.4 Å². The Kier molecular flexibility index (Phi) is 6.91.